The Bertz CT molecular complexity index is 380. The summed E-state index contributed by atoms with van der Waals surface area (Å²) in [7, 11) is 0. The lowest BCUT2D eigenvalue weighted by molar-refractivity contribution is -0.139. The van der Waals surface area contributed by atoms with E-state index in [1.165, 1.54) is 12.8 Å². The van der Waals surface area contributed by atoms with E-state index in [0.717, 1.165) is 18.6 Å². The van der Waals surface area contributed by atoms with Gasteiger partial charge in [0, 0.05) is 12.6 Å². The molecule has 0 bridgehead atoms. The summed E-state index contributed by atoms with van der Waals surface area (Å²) in [5, 5.41) is 12.5. The molecule has 1 unspecified atom stereocenters. The zero-order valence-corrected chi connectivity index (χ0v) is 10.1. The highest BCUT2D eigenvalue weighted by Gasteiger charge is 2.25. The number of carboxylic acids is 1. The average molecular weight is 237 g/mol. The van der Waals surface area contributed by atoms with Crippen molar-refractivity contribution in [1.82, 2.24) is 5.32 Å². The number of rotatable bonds is 5. The van der Waals surface area contributed by atoms with Crippen LogP contribution in [0.4, 0.5) is 0 Å². The van der Waals surface area contributed by atoms with E-state index in [2.05, 4.69) is 5.32 Å². The standard InChI is InChI=1S/C13H19NO3/c1-9-6-7-12(17-9)11(13(15)16)8-14-10-4-2-3-5-10/h6-7,10-11,14H,2-5,8H2,1H3,(H,15,16). The maximum Gasteiger partial charge on any atom is 0.315 e. The van der Waals surface area contributed by atoms with E-state index >= 15 is 0 Å². The van der Waals surface area contributed by atoms with E-state index in [1.807, 2.05) is 6.92 Å². The summed E-state index contributed by atoms with van der Waals surface area (Å²) in [4.78, 5) is 11.2. The van der Waals surface area contributed by atoms with Gasteiger partial charge < -0.3 is 14.8 Å². The van der Waals surface area contributed by atoms with E-state index in [9.17, 15) is 9.90 Å². The lowest BCUT2D eigenvalue weighted by Gasteiger charge is -2.15. The second-order valence-corrected chi connectivity index (χ2v) is 4.73. The van der Waals surface area contributed by atoms with Crippen LogP contribution in [0.25, 0.3) is 0 Å². The molecular weight excluding hydrogens is 218 g/mol. The Morgan fingerprint density at radius 1 is 1.53 bits per heavy atom. The number of furan rings is 1. The van der Waals surface area contributed by atoms with Crippen LogP contribution in [-0.2, 0) is 4.79 Å². The topological polar surface area (TPSA) is 62.5 Å². The molecule has 17 heavy (non-hydrogen) atoms. The van der Waals surface area contributed by atoms with Gasteiger partial charge in [-0.1, -0.05) is 12.8 Å². The fourth-order valence-corrected chi connectivity index (χ4v) is 2.36. The molecule has 1 aliphatic rings. The molecule has 0 radical (unpaired) electrons. The molecule has 0 amide bonds. The molecule has 2 N–H and O–H groups in total. The van der Waals surface area contributed by atoms with Crippen LogP contribution in [0.5, 0.6) is 0 Å². The molecule has 0 aromatic carbocycles. The number of hydrogen-bond acceptors (Lipinski definition) is 3. The third-order valence-corrected chi connectivity index (χ3v) is 3.37. The zero-order valence-electron chi connectivity index (χ0n) is 10.1. The summed E-state index contributed by atoms with van der Waals surface area (Å²) in [6.45, 7) is 2.28. The summed E-state index contributed by atoms with van der Waals surface area (Å²) in [6.07, 6.45) is 4.80. The van der Waals surface area contributed by atoms with Gasteiger partial charge in [0.1, 0.15) is 17.4 Å². The fourth-order valence-electron chi connectivity index (χ4n) is 2.36. The Labute approximate surface area is 101 Å². The molecule has 1 heterocycles. The van der Waals surface area contributed by atoms with Crippen LogP contribution in [0, 0.1) is 6.92 Å². The normalized spacial score (nSPS) is 18.4. The summed E-state index contributed by atoms with van der Waals surface area (Å²) < 4.78 is 5.40. The first kappa shape index (κ1) is 12.2. The lowest BCUT2D eigenvalue weighted by atomic mass is 10.1. The highest BCUT2D eigenvalue weighted by Crippen LogP contribution is 2.21. The Morgan fingerprint density at radius 2 is 2.24 bits per heavy atom. The van der Waals surface area contributed by atoms with Gasteiger partial charge in [-0.3, -0.25) is 4.79 Å². The molecule has 1 saturated carbocycles. The van der Waals surface area contributed by atoms with Gasteiger partial charge in [0.05, 0.1) is 0 Å². The van der Waals surface area contributed by atoms with Gasteiger partial charge in [-0.05, 0) is 31.9 Å². The van der Waals surface area contributed by atoms with Crippen LogP contribution >= 0.6 is 0 Å². The number of aryl methyl sites for hydroxylation is 1. The Kier molecular flexibility index (Phi) is 3.84. The van der Waals surface area contributed by atoms with Crippen molar-refractivity contribution in [3.8, 4) is 0 Å². The molecule has 0 spiro atoms. The average Bonchev–Trinajstić information content (AvgIpc) is 2.90. The van der Waals surface area contributed by atoms with E-state index in [1.54, 1.807) is 12.1 Å². The van der Waals surface area contributed by atoms with E-state index in [0.29, 0.717) is 18.3 Å². The molecule has 2 rings (SSSR count). The third kappa shape index (κ3) is 3.09. The van der Waals surface area contributed by atoms with Crippen LogP contribution < -0.4 is 5.32 Å². The summed E-state index contributed by atoms with van der Waals surface area (Å²) >= 11 is 0. The van der Waals surface area contributed by atoms with Crippen LogP contribution in [0.3, 0.4) is 0 Å². The van der Waals surface area contributed by atoms with E-state index in [4.69, 9.17) is 4.42 Å². The van der Waals surface area contributed by atoms with Crippen molar-refractivity contribution < 1.29 is 14.3 Å². The second kappa shape index (κ2) is 5.36. The molecule has 0 aliphatic heterocycles. The van der Waals surface area contributed by atoms with Crippen LogP contribution in [0.2, 0.25) is 0 Å². The van der Waals surface area contributed by atoms with Crippen molar-refractivity contribution in [2.24, 2.45) is 0 Å². The minimum Gasteiger partial charge on any atom is -0.481 e. The minimum absolute atomic E-state index is 0.451. The van der Waals surface area contributed by atoms with Crippen molar-refractivity contribution in [3.63, 3.8) is 0 Å². The molecule has 4 nitrogen and oxygen atoms in total. The molecule has 94 valence electrons. The fraction of sp³-hybridized carbons (Fsp3) is 0.615. The quantitative estimate of drug-likeness (QED) is 0.824. The van der Waals surface area contributed by atoms with Gasteiger partial charge in [-0.25, -0.2) is 0 Å². The molecular formula is C13H19NO3. The van der Waals surface area contributed by atoms with Crippen molar-refractivity contribution in [3.05, 3.63) is 23.7 Å². The number of aliphatic carboxylic acids is 1. The second-order valence-electron chi connectivity index (χ2n) is 4.73. The lowest BCUT2D eigenvalue weighted by Crippen LogP contribution is -2.33. The van der Waals surface area contributed by atoms with Gasteiger partial charge >= 0.3 is 5.97 Å². The molecule has 4 heteroatoms. The number of carboxylic acid groups (broad SMARTS) is 1. The Balaban J connectivity index is 1.95. The monoisotopic (exact) mass is 237 g/mol. The number of nitrogens with one attached hydrogen (secondary N) is 1. The smallest absolute Gasteiger partial charge is 0.315 e. The third-order valence-electron chi connectivity index (χ3n) is 3.37. The first-order valence-electron chi connectivity index (χ1n) is 6.19. The van der Waals surface area contributed by atoms with Gasteiger partial charge in [0.15, 0.2) is 0 Å². The zero-order chi connectivity index (χ0) is 12.3. The number of carbonyl (C=O) groups is 1. The molecule has 1 fully saturated rings. The van der Waals surface area contributed by atoms with Crippen molar-refractivity contribution >= 4 is 5.97 Å². The largest absolute Gasteiger partial charge is 0.481 e. The van der Waals surface area contributed by atoms with E-state index < -0.39 is 11.9 Å². The molecule has 1 aromatic rings. The van der Waals surface area contributed by atoms with Gasteiger partial charge in [0.25, 0.3) is 0 Å². The van der Waals surface area contributed by atoms with Crippen molar-refractivity contribution in [2.75, 3.05) is 6.54 Å². The first-order valence-corrected chi connectivity index (χ1v) is 6.19. The maximum absolute atomic E-state index is 11.2. The highest BCUT2D eigenvalue weighted by molar-refractivity contribution is 5.75. The van der Waals surface area contributed by atoms with Gasteiger partial charge in [-0.2, -0.15) is 0 Å². The predicted molar refractivity (Wildman–Crippen MR) is 64.1 cm³/mol. The minimum atomic E-state index is -0.829. The van der Waals surface area contributed by atoms with Crippen LogP contribution in [-0.4, -0.2) is 23.7 Å². The highest BCUT2D eigenvalue weighted by atomic mass is 16.4. The molecule has 1 atom stereocenters. The van der Waals surface area contributed by atoms with Crippen molar-refractivity contribution in [2.45, 2.75) is 44.6 Å². The van der Waals surface area contributed by atoms with Gasteiger partial charge in [-0.15, -0.1) is 0 Å². The Hall–Kier alpha value is -1.29. The van der Waals surface area contributed by atoms with Gasteiger partial charge in [0.2, 0.25) is 0 Å². The predicted octanol–water partition coefficient (Wildman–Crippen LogP) is 2.29. The first-order chi connectivity index (χ1) is 8.16. The summed E-state index contributed by atoms with van der Waals surface area (Å²) in [5.41, 5.74) is 0. The molecule has 1 aromatic heterocycles. The summed E-state index contributed by atoms with van der Waals surface area (Å²) in [6, 6.07) is 4.04. The van der Waals surface area contributed by atoms with Crippen LogP contribution in [0.1, 0.15) is 43.1 Å². The summed E-state index contributed by atoms with van der Waals surface area (Å²) in [5.74, 6) is -0.109. The van der Waals surface area contributed by atoms with Crippen LogP contribution in [0.15, 0.2) is 16.5 Å². The maximum atomic E-state index is 11.2. The molecule has 0 saturated heterocycles. The SMILES string of the molecule is Cc1ccc(C(CNC2CCCC2)C(=O)O)o1. The Morgan fingerprint density at radius 3 is 2.76 bits per heavy atom. The molecule has 1 aliphatic carbocycles. The van der Waals surface area contributed by atoms with E-state index in [-0.39, 0.29) is 0 Å². The number of hydrogen-bond donors (Lipinski definition) is 2. The van der Waals surface area contributed by atoms with Crippen molar-refractivity contribution in [1.29, 1.82) is 0 Å².